The predicted octanol–water partition coefficient (Wildman–Crippen LogP) is 3.11. The van der Waals surface area contributed by atoms with Crippen molar-refractivity contribution in [3.63, 3.8) is 0 Å². The molecule has 0 aliphatic carbocycles. The summed E-state index contributed by atoms with van der Waals surface area (Å²) in [6, 6.07) is 9.75. The quantitative estimate of drug-likeness (QED) is 0.668. The molecule has 19 heavy (non-hydrogen) atoms. The summed E-state index contributed by atoms with van der Waals surface area (Å²) in [6.07, 6.45) is 3.58. The van der Waals surface area contributed by atoms with Crippen LogP contribution in [0.4, 0.5) is 0 Å². The van der Waals surface area contributed by atoms with Gasteiger partial charge in [0.1, 0.15) is 17.2 Å². The van der Waals surface area contributed by atoms with Gasteiger partial charge in [-0.05, 0) is 24.3 Å². The van der Waals surface area contributed by atoms with Crippen molar-refractivity contribution in [2.24, 2.45) is 0 Å². The van der Waals surface area contributed by atoms with Crippen molar-refractivity contribution >= 4 is 11.2 Å². The highest BCUT2D eigenvalue weighted by Gasteiger charge is 2.24. The minimum absolute atomic E-state index is 0.0712. The maximum atomic E-state index is 4.72. The van der Waals surface area contributed by atoms with Gasteiger partial charge in [0.2, 0.25) is 0 Å². The van der Waals surface area contributed by atoms with E-state index in [-0.39, 0.29) is 5.41 Å². The van der Waals surface area contributed by atoms with Crippen molar-refractivity contribution in [2.75, 3.05) is 0 Å². The van der Waals surface area contributed by atoms with Gasteiger partial charge in [0, 0.05) is 17.8 Å². The van der Waals surface area contributed by atoms with Crippen LogP contribution in [0.5, 0.6) is 0 Å². The third kappa shape index (κ3) is 1.99. The molecule has 0 unspecified atom stereocenters. The van der Waals surface area contributed by atoms with Gasteiger partial charge in [0.05, 0.1) is 0 Å². The highest BCUT2D eigenvalue weighted by Crippen LogP contribution is 2.27. The molecule has 0 fully saturated rings. The Morgan fingerprint density at radius 3 is 2.42 bits per heavy atom. The summed E-state index contributed by atoms with van der Waals surface area (Å²) in [5, 5.41) is 0. The molecule has 0 bridgehead atoms. The Hall–Kier alpha value is -2.23. The van der Waals surface area contributed by atoms with Crippen LogP contribution in [0.2, 0.25) is 0 Å². The number of fused-ring (bicyclic) bond motifs is 1. The fraction of sp³-hybridized carbons (Fsp3) is 0.267. The molecule has 4 nitrogen and oxygen atoms in total. The Bertz CT molecular complexity index is 708. The van der Waals surface area contributed by atoms with Crippen LogP contribution in [0.3, 0.4) is 0 Å². The summed E-state index contributed by atoms with van der Waals surface area (Å²) in [5.74, 6) is 1.83. The van der Waals surface area contributed by atoms with Gasteiger partial charge in [-0.2, -0.15) is 0 Å². The van der Waals surface area contributed by atoms with Gasteiger partial charge >= 0.3 is 0 Å². The normalized spacial score (nSPS) is 11.9. The molecular formula is C15H16N4. The van der Waals surface area contributed by atoms with E-state index >= 15 is 0 Å². The first-order valence-corrected chi connectivity index (χ1v) is 6.33. The van der Waals surface area contributed by atoms with Crippen molar-refractivity contribution in [2.45, 2.75) is 26.2 Å². The average Bonchev–Trinajstić information content (AvgIpc) is 2.79. The van der Waals surface area contributed by atoms with Crippen LogP contribution < -0.4 is 0 Å². The first-order valence-electron chi connectivity index (χ1n) is 6.33. The minimum atomic E-state index is -0.0712. The molecule has 96 valence electrons. The summed E-state index contributed by atoms with van der Waals surface area (Å²) in [6.45, 7) is 6.44. The number of imidazole rings is 1. The number of pyridine rings is 2. The summed E-state index contributed by atoms with van der Waals surface area (Å²) in [5.41, 5.74) is 1.68. The number of rotatable bonds is 1. The van der Waals surface area contributed by atoms with Crippen molar-refractivity contribution in [3.05, 3.63) is 48.5 Å². The fourth-order valence-electron chi connectivity index (χ4n) is 2.12. The molecule has 0 atom stereocenters. The second-order valence-electron chi connectivity index (χ2n) is 5.55. The molecular weight excluding hydrogens is 236 g/mol. The van der Waals surface area contributed by atoms with Gasteiger partial charge in [-0.1, -0.05) is 26.8 Å². The molecule has 4 heteroatoms. The SMILES string of the molecule is CC(C)(C)c1nc2cccnc2n1-c1ccccn1. The van der Waals surface area contributed by atoms with Crippen molar-refractivity contribution in [1.29, 1.82) is 0 Å². The number of nitrogens with zero attached hydrogens (tertiary/aromatic N) is 4. The van der Waals surface area contributed by atoms with Crippen LogP contribution >= 0.6 is 0 Å². The lowest BCUT2D eigenvalue weighted by molar-refractivity contribution is 0.537. The maximum absolute atomic E-state index is 4.72. The fourth-order valence-corrected chi connectivity index (χ4v) is 2.12. The Morgan fingerprint density at radius 1 is 0.947 bits per heavy atom. The third-order valence-electron chi connectivity index (χ3n) is 2.97. The summed E-state index contributed by atoms with van der Waals surface area (Å²) in [4.78, 5) is 13.6. The van der Waals surface area contributed by atoms with Gasteiger partial charge in [0.25, 0.3) is 0 Å². The Labute approximate surface area is 112 Å². The van der Waals surface area contributed by atoms with Crippen molar-refractivity contribution in [1.82, 2.24) is 19.5 Å². The van der Waals surface area contributed by atoms with E-state index in [2.05, 4.69) is 30.7 Å². The molecule has 0 spiro atoms. The van der Waals surface area contributed by atoms with E-state index in [1.807, 2.05) is 34.9 Å². The molecule has 3 aromatic rings. The third-order valence-corrected chi connectivity index (χ3v) is 2.97. The van der Waals surface area contributed by atoms with E-state index in [1.165, 1.54) is 0 Å². The van der Waals surface area contributed by atoms with Gasteiger partial charge in [-0.25, -0.2) is 15.0 Å². The smallest absolute Gasteiger partial charge is 0.165 e. The van der Waals surface area contributed by atoms with E-state index in [4.69, 9.17) is 4.98 Å². The first-order chi connectivity index (χ1) is 9.07. The van der Waals surface area contributed by atoms with Crippen LogP contribution in [-0.4, -0.2) is 19.5 Å². The monoisotopic (exact) mass is 252 g/mol. The molecule has 0 N–H and O–H groups in total. The van der Waals surface area contributed by atoms with Crippen LogP contribution in [-0.2, 0) is 5.41 Å². The summed E-state index contributed by atoms with van der Waals surface area (Å²) in [7, 11) is 0. The first kappa shape index (κ1) is 11.8. The van der Waals surface area contributed by atoms with E-state index in [1.54, 1.807) is 12.4 Å². The van der Waals surface area contributed by atoms with Gasteiger partial charge in [-0.3, -0.25) is 4.57 Å². The largest absolute Gasteiger partial charge is 0.264 e. The molecule has 0 aromatic carbocycles. The highest BCUT2D eigenvalue weighted by atomic mass is 15.2. The number of hydrogen-bond acceptors (Lipinski definition) is 3. The Morgan fingerprint density at radius 2 is 1.74 bits per heavy atom. The second-order valence-corrected chi connectivity index (χ2v) is 5.55. The van der Waals surface area contributed by atoms with E-state index in [0.717, 1.165) is 22.8 Å². The molecule has 0 saturated carbocycles. The molecule has 3 heterocycles. The zero-order valence-electron chi connectivity index (χ0n) is 11.3. The van der Waals surface area contributed by atoms with Crippen LogP contribution in [0.1, 0.15) is 26.6 Å². The van der Waals surface area contributed by atoms with Crippen LogP contribution in [0.25, 0.3) is 17.0 Å². The van der Waals surface area contributed by atoms with Gasteiger partial charge in [-0.15, -0.1) is 0 Å². The number of hydrogen-bond donors (Lipinski definition) is 0. The molecule has 0 aliphatic heterocycles. The van der Waals surface area contributed by atoms with Crippen molar-refractivity contribution < 1.29 is 0 Å². The van der Waals surface area contributed by atoms with E-state index in [0.29, 0.717) is 0 Å². The topological polar surface area (TPSA) is 43.6 Å². The number of aromatic nitrogens is 4. The molecule has 0 radical (unpaired) electrons. The van der Waals surface area contributed by atoms with E-state index < -0.39 is 0 Å². The lowest BCUT2D eigenvalue weighted by Gasteiger charge is -2.19. The van der Waals surface area contributed by atoms with Crippen LogP contribution in [0, 0.1) is 0 Å². The van der Waals surface area contributed by atoms with Gasteiger partial charge < -0.3 is 0 Å². The lowest BCUT2D eigenvalue weighted by Crippen LogP contribution is -2.18. The Balaban J connectivity index is 2.38. The van der Waals surface area contributed by atoms with Crippen LogP contribution in [0.15, 0.2) is 42.7 Å². The molecule has 0 aliphatic rings. The second kappa shape index (κ2) is 4.16. The van der Waals surface area contributed by atoms with E-state index in [9.17, 15) is 0 Å². The minimum Gasteiger partial charge on any atom is -0.264 e. The maximum Gasteiger partial charge on any atom is 0.165 e. The highest BCUT2D eigenvalue weighted by molar-refractivity contribution is 5.73. The standard InChI is InChI=1S/C15H16N4/c1-15(2,3)14-18-11-7-6-10-17-13(11)19(14)12-8-4-5-9-16-12/h4-10H,1-3H3. The average molecular weight is 252 g/mol. The Kier molecular flexibility index (Phi) is 2.59. The molecule has 0 saturated heterocycles. The van der Waals surface area contributed by atoms with Crippen molar-refractivity contribution in [3.8, 4) is 5.82 Å². The summed E-state index contributed by atoms with van der Waals surface area (Å²) < 4.78 is 2.04. The molecule has 3 aromatic heterocycles. The predicted molar refractivity (Wildman–Crippen MR) is 75.4 cm³/mol. The zero-order chi connectivity index (χ0) is 13.5. The lowest BCUT2D eigenvalue weighted by atomic mass is 9.95. The molecule has 0 amide bonds. The van der Waals surface area contributed by atoms with Gasteiger partial charge in [0.15, 0.2) is 5.65 Å². The zero-order valence-corrected chi connectivity index (χ0v) is 11.3. The summed E-state index contributed by atoms with van der Waals surface area (Å²) >= 11 is 0. The molecule has 3 rings (SSSR count).